The van der Waals surface area contributed by atoms with Crippen molar-refractivity contribution in [3.63, 3.8) is 0 Å². The maximum atomic E-state index is 14.2. The Kier molecular flexibility index (Phi) is 32.9. The van der Waals surface area contributed by atoms with Crippen LogP contribution >= 0.6 is 11.6 Å². The number of epoxide rings is 1. The Morgan fingerprint density at radius 1 is 0.766 bits per heavy atom. The molecule has 94 heavy (non-hydrogen) atoms. The minimum absolute atomic E-state index is 0.0240. The third kappa shape index (κ3) is 27.0. The predicted molar refractivity (Wildman–Crippen MR) is 345 cm³/mol. The van der Waals surface area contributed by atoms with Gasteiger partial charge in [-0.2, -0.15) is 0 Å². The highest BCUT2D eigenvalue weighted by molar-refractivity contribution is 6.31. The number of nitrogens with zero attached hydrogens (tertiary/aromatic N) is 1. The number of aryl methyl sites for hydroxylation is 2. The molecular weight excluding hydrogens is 1240 g/mol. The number of Topliss-reactive ketones (excluding diaryl/α,β-unsaturated/α-hetero) is 2. The highest BCUT2D eigenvalue weighted by Crippen LogP contribution is 2.45. The van der Waals surface area contributed by atoms with Gasteiger partial charge in [0.15, 0.2) is 11.9 Å². The molecule has 0 radical (unpaired) electrons. The number of unbranched alkanes of at least 4 members (excludes halogenated alkanes) is 1. The van der Waals surface area contributed by atoms with Crippen molar-refractivity contribution in [3.05, 3.63) is 81.9 Å². The van der Waals surface area contributed by atoms with E-state index in [4.69, 9.17) is 49.6 Å². The summed E-state index contributed by atoms with van der Waals surface area (Å²) in [6, 6.07) is 11.0. The second-order valence-electron chi connectivity index (χ2n) is 25.7. The smallest absolute Gasteiger partial charge is 0.347 e. The standard InChI is InChI=1S/C69H98ClN5O19/c1-43(2)38-56-67(85)91-55(15-12-16-58(79)73-52(40-48-20-19-45(5)51(70)39-48)66(84)72-42-69(7,8)68(86)92-56)46(6)64-65(93-64)49-24-21-47(22-25-49)23-26-53(76)50(14-10-11-30-71-57(78)29-31-88-34-35-90-37-36-89-33-32-87-9)41-54(77)63(44(3)4)74-59(80)17-13-18-62(83)94-75-60(81)27-28-61(75)82/h12,16,19-22,24-25,39,43-44,46,50,52,55-56,63-65H,10-11,13-15,17-18,23,26-38,40-42H2,1-9H3,(H,71,78)(H,72,84)(H,73,79)(H,74,80)/b16-12+/t46-,50+,52+,55-,56-,63-,64+,65+/m0/s1. The van der Waals surface area contributed by atoms with Gasteiger partial charge in [-0.3, -0.25) is 43.2 Å². The topological polar surface area (TPSA) is 316 Å². The first kappa shape index (κ1) is 77.7. The number of carbonyl (C=O) groups is 11. The van der Waals surface area contributed by atoms with Crippen LogP contribution in [-0.2, 0) is 104 Å². The summed E-state index contributed by atoms with van der Waals surface area (Å²) in [6.07, 6.45) is 1.59. The molecule has 0 aliphatic carbocycles. The number of halogens is 1. The molecule has 520 valence electrons. The van der Waals surface area contributed by atoms with Gasteiger partial charge in [-0.15, -0.1) is 5.06 Å². The lowest BCUT2D eigenvalue weighted by Crippen LogP contribution is -2.51. The molecule has 0 aromatic heterocycles. The Bertz CT molecular complexity index is 2900. The summed E-state index contributed by atoms with van der Waals surface area (Å²) in [5.41, 5.74) is 1.94. The lowest BCUT2D eigenvalue weighted by atomic mass is 9.85. The van der Waals surface area contributed by atoms with Crippen molar-refractivity contribution >= 4 is 76.5 Å². The Morgan fingerprint density at radius 2 is 1.43 bits per heavy atom. The minimum atomic E-state index is -1.28. The number of cyclic esters (lactones) is 2. The van der Waals surface area contributed by atoms with Crippen molar-refractivity contribution in [3.8, 4) is 0 Å². The van der Waals surface area contributed by atoms with E-state index in [1.54, 1.807) is 46.9 Å². The Balaban J connectivity index is 1.21. The van der Waals surface area contributed by atoms with Crippen LogP contribution < -0.4 is 21.3 Å². The first-order valence-electron chi connectivity index (χ1n) is 32.8. The third-order valence-corrected chi connectivity index (χ3v) is 16.8. The molecule has 8 atom stereocenters. The number of hydroxylamine groups is 2. The van der Waals surface area contributed by atoms with E-state index in [1.807, 2.05) is 64.1 Å². The number of ketones is 2. The molecular formula is C69H98ClN5O19. The molecule has 24 nitrogen and oxygen atoms in total. The number of methoxy groups -OCH3 is 1. The molecule has 2 saturated heterocycles. The van der Waals surface area contributed by atoms with E-state index in [-0.39, 0.29) is 113 Å². The molecule has 3 aliphatic heterocycles. The van der Waals surface area contributed by atoms with Crippen LogP contribution in [0.5, 0.6) is 0 Å². The van der Waals surface area contributed by atoms with Gasteiger partial charge in [0.25, 0.3) is 11.8 Å². The normalized spacial score (nSPS) is 20.8. The van der Waals surface area contributed by atoms with Gasteiger partial charge in [0, 0.05) is 94.8 Å². The van der Waals surface area contributed by atoms with Gasteiger partial charge >= 0.3 is 17.9 Å². The number of esters is 2. The molecule has 6 amide bonds. The average Bonchev–Trinajstić information content (AvgIpc) is 1.63. The van der Waals surface area contributed by atoms with Crippen molar-refractivity contribution in [1.29, 1.82) is 0 Å². The molecule has 0 saturated carbocycles. The van der Waals surface area contributed by atoms with E-state index in [1.165, 1.54) is 6.08 Å². The van der Waals surface area contributed by atoms with E-state index < -0.39 is 101 Å². The first-order valence-corrected chi connectivity index (χ1v) is 33.2. The summed E-state index contributed by atoms with van der Waals surface area (Å²) in [4.78, 5) is 150. The summed E-state index contributed by atoms with van der Waals surface area (Å²) >= 11 is 6.42. The number of amides is 6. The van der Waals surface area contributed by atoms with Crippen LogP contribution in [0.2, 0.25) is 5.02 Å². The molecule has 2 aromatic rings. The molecule has 3 heterocycles. The number of carbonyl (C=O) groups excluding carboxylic acids is 11. The summed E-state index contributed by atoms with van der Waals surface area (Å²) < 4.78 is 39.6. The first-order chi connectivity index (χ1) is 44.8. The van der Waals surface area contributed by atoms with Crippen LogP contribution in [0.1, 0.15) is 160 Å². The Hall–Kier alpha value is -6.96. The fourth-order valence-corrected chi connectivity index (χ4v) is 10.8. The second-order valence-corrected chi connectivity index (χ2v) is 26.1. The van der Waals surface area contributed by atoms with Crippen molar-refractivity contribution < 1.29 is 90.7 Å². The molecule has 4 N–H and O–H groups in total. The van der Waals surface area contributed by atoms with Gasteiger partial charge in [-0.25, -0.2) is 9.59 Å². The zero-order valence-corrected chi connectivity index (χ0v) is 56.8. The molecule has 5 rings (SSSR count). The SMILES string of the molecule is COCCOCCOCCOCCC(=O)NCCCC[C@H](CC(=O)[C@@H](NC(=O)CCCC(=O)ON1C(=O)CCC1=O)C(C)C)C(=O)CCc1ccc([C@H]2O[C@@H]2[C@@H](C)[C@@H]2C/C=C/C(=O)N[C@H](Cc3ccc(C)c(Cl)c3)C(=O)NCC(C)(C)C(=O)O[C@@H](CC(C)C)C(=O)O2)cc1. The highest BCUT2D eigenvalue weighted by atomic mass is 35.5. The Labute approximate surface area is 556 Å². The Morgan fingerprint density at radius 3 is 2.07 bits per heavy atom. The zero-order chi connectivity index (χ0) is 68.9. The van der Waals surface area contributed by atoms with E-state index in [0.29, 0.717) is 87.5 Å². The van der Waals surface area contributed by atoms with E-state index in [9.17, 15) is 52.7 Å². The number of rotatable bonds is 38. The molecule has 0 spiro atoms. The van der Waals surface area contributed by atoms with Crippen LogP contribution in [0.15, 0.2) is 54.6 Å². The summed E-state index contributed by atoms with van der Waals surface area (Å²) in [6.45, 7) is 17.1. The van der Waals surface area contributed by atoms with Crippen molar-refractivity contribution in [2.45, 2.75) is 188 Å². The summed E-state index contributed by atoms with van der Waals surface area (Å²) in [5, 5.41) is 12.2. The van der Waals surface area contributed by atoms with Crippen LogP contribution in [-0.4, -0.2) is 167 Å². The molecule has 3 aliphatic rings. The molecule has 0 unspecified atom stereocenters. The number of ether oxygens (including phenoxy) is 7. The number of hydrogen-bond donors (Lipinski definition) is 4. The average molecular weight is 1340 g/mol. The lowest BCUT2D eigenvalue weighted by molar-refractivity contribution is -0.197. The quantitative estimate of drug-likeness (QED) is 0.0233. The molecule has 2 aromatic carbocycles. The van der Waals surface area contributed by atoms with E-state index in [0.717, 1.165) is 16.7 Å². The number of hydrogen-bond acceptors (Lipinski definition) is 19. The summed E-state index contributed by atoms with van der Waals surface area (Å²) in [7, 11) is 1.60. The number of benzene rings is 2. The number of nitrogens with one attached hydrogen (secondary N) is 4. The molecule has 25 heteroatoms. The maximum absolute atomic E-state index is 14.2. The largest absolute Gasteiger partial charge is 0.459 e. The van der Waals surface area contributed by atoms with Gasteiger partial charge in [0.1, 0.15) is 24.0 Å². The van der Waals surface area contributed by atoms with Crippen molar-refractivity contribution in [1.82, 2.24) is 26.3 Å². The molecule has 2 fully saturated rings. The van der Waals surface area contributed by atoms with Crippen molar-refractivity contribution in [2.24, 2.45) is 29.1 Å². The van der Waals surface area contributed by atoms with Gasteiger partial charge in [0.2, 0.25) is 23.6 Å². The van der Waals surface area contributed by atoms with Gasteiger partial charge in [-0.05, 0) is 99.1 Å². The van der Waals surface area contributed by atoms with Gasteiger partial charge in [-0.1, -0.05) is 95.1 Å². The van der Waals surface area contributed by atoms with Crippen LogP contribution in [0, 0.1) is 36.0 Å². The second kappa shape index (κ2) is 39.8. The predicted octanol–water partition coefficient (Wildman–Crippen LogP) is 6.79. The lowest BCUT2D eigenvalue weighted by Gasteiger charge is -2.29. The monoisotopic (exact) mass is 1340 g/mol. The fraction of sp³-hybridized carbons (Fsp3) is 0.638. The minimum Gasteiger partial charge on any atom is -0.459 e. The van der Waals surface area contributed by atoms with Crippen molar-refractivity contribution in [2.75, 3.05) is 66.4 Å². The van der Waals surface area contributed by atoms with Crippen LogP contribution in [0.4, 0.5) is 0 Å². The fourth-order valence-electron chi connectivity index (χ4n) is 10.6. The maximum Gasteiger partial charge on any atom is 0.347 e. The van der Waals surface area contributed by atoms with Crippen LogP contribution in [0.25, 0.3) is 0 Å². The zero-order valence-electron chi connectivity index (χ0n) is 56.0. The van der Waals surface area contributed by atoms with Gasteiger partial charge < -0.3 is 59.3 Å². The summed E-state index contributed by atoms with van der Waals surface area (Å²) in [5.74, 6) is -7.42. The highest BCUT2D eigenvalue weighted by Gasteiger charge is 2.48. The third-order valence-electron chi connectivity index (χ3n) is 16.4. The van der Waals surface area contributed by atoms with Crippen LogP contribution in [0.3, 0.4) is 0 Å². The molecule has 0 bridgehead atoms. The number of imide groups is 1. The van der Waals surface area contributed by atoms with Gasteiger partial charge in [0.05, 0.1) is 63.8 Å². The van der Waals surface area contributed by atoms with E-state index >= 15 is 0 Å². The van der Waals surface area contributed by atoms with E-state index in [2.05, 4.69) is 21.3 Å².